The first-order valence-corrected chi connectivity index (χ1v) is 6.44. The predicted octanol–water partition coefficient (Wildman–Crippen LogP) is 2.75. The van der Waals surface area contributed by atoms with Crippen molar-refractivity contribution >= 4 is 17.2 Å². The van der Waals surface area contributed by atoms with Crippen LogP contribution in [0.3, 0.4) is 0 Å². The molecule has 0 amide bonds. The number of aromatic nitrogens is 2. The molecule has 0 aliphatic rings. The van der Waals surface area contributed by atoms with Crippen molar-refractivity contribution in [3.8, 4) is 5.88 Å². The van der Waals surface area contributed by atoms with E-state index in [2.05, 4.69) is 9.97 Å². The molecule has 0 atom stereocenters. The second-order valence-corrected chi connectivity index (χ2v) is 4.04. The highest BCUT2D eigenvalue weighted by Crippen LogP contribution is 2.33. The van der Waals surface area contributed by atoms with E-state index in [0.29, 0.717) is 36.2 Å². The fraction of sp³-hybridized carbons (Fsp3) is 0.286. The largest absolute Gasteiger partial charge is 0.476 e. The van der Waals surface area contributed by atoms with Gasteiger partial charge in [-0.2, -0.15) is 4.98 Å². The molecule has 20 heavy (non-hydrogen) atoms. The van der Waals surface area contributed by atoms with Crippen LogP contribution >= 0.6 is 0 Å². The molecule has 0 saturated heterocycles. The van der Waals surface area contributed by atoms with Gasteiger partial charge in [-0.25, -0.2) is 9.37 Å². The van der Waals surface area contributed by atoms with Crippen molar-refractivity contribution in [2.24, 2.45) is 0 Å². The topological polar surface area (TPSA) is 64.3 Å². The predicted molar refractivity (Wildman–Crippen MR) is 76.7 cm³/mol. The summed E-state index contributed by atoms with van der Waals surface area (Å²) in [6.45, 7) is 4.71. The first kappa shape index (κ1) is 14.0. The first-order chi connectivity index (χ1) is 9.69. The summed E-state index contributed by atoms with van der Waals surface area (Å²) in [7, 11) is 0. The molecule has 0 aliphatic heterocycles. The lowest BCUT2D eigenvalue weighted by Gasteiger charge is -2.24. The van der Waals surface area contributed by atoms with E-state index in [9.17, 15) is 4.39 Å². The van der Waals surface area contributed by atoms with Gasteiger partial charge in [0.25, 0.3) is 0 Å². The molecule has 0 fully saturated rings. The highest BCUT2D eigenvalue weighted by Gasteiger charge is 2.18. The number of benzene rings is 1. The Labute approximate surface area is 117 Å². The zero-order valence-electron chi connectivity index (χ0n) is 11.5. The minimum atomic E-state index is -0.328. The highest BCUT2D eigenvalue weighted by atomic mass is 19.1. The van der Waals surface area contributed by atoms with E-state index < -0.39 is 0 Å². The van der Waals surface area contributed by atoms with Gasteiger partial charge in [-0.1, -0.05) is 12.1 Å². The zero-order chi connectivity index (χ0) is 14.5. The molecular weight excluding hydrogens is 259 g/mol. The van der Waals surface area contributed by atoms with Crippen molar-refractivity contribution in [1.29, 1.82) is 0 Å². The molecule has 2 aromatic rings. The number of nitrogens with zero attached hydrogens (tertiary/aromatic N) is 3. The van der Waals surface area contributed by atoms with Crippen molar-refractivity contribution in [1.82, 2.24) is 9.97 Å². The summed E-state index contributed by atoms with van der Waals surface area (Å²) in [5, 5.41) is 0. The fourth-order valence-electron chi connectivity index (χ4n) is 1.94. The zero-order valence-corrected chi connectivity index (χ0v) is 11.5. The van der Waals surface area contributed by atoms with Gasteiger partial charge in [0.2, 0.25) is 5.88 Å². The molecule has 1 heterocycles. The van der Waals surface area contributed by atoms with Crippen LogP contribution in [0.5, 0.6) is 5.88 Å². The molecular formula is C14H17FN4O. The minimum Gasteiger partial charge on any atom is -0.476 e. The van der Waals surface area contributed by atoms with Crippen LogP contribution in [0.25, 0.3) is 0 Å². The number of halogens is 1. The van der Waals surface area contributed by atoms with Gasteiger partial charge in [0.15, 0.2) is 5.82 Å². The fourth-order valence-corrected chi connectivity index (χ4v) is 1.94. The second kappa shape index (κ2) is 6.18. The molecule has 0 radical (unpaired) electrons. The Hall–Kier alpha value is -2.37. The van der Waals surface area contributed by atoms with Crippen molar-refractivity contribution in [3.05, 3.63) is 36.4 Å². The van der Waals surface area contributed by atoms with E-state index in [1.807, 2.05) is 13.8 Å². The van der Waals surface area contributed by atoms with Crippen LogP contribution in [-0.4, -0.2) is 23.1 Å². The van der Waals surface area contributed by atoms with Crippen LogP contribution in [0.1, 0.15) is 13.8 Å². The smallest absolute Gasteiger partial charge is 0.242 e. The molecule has 6 heteroatoms. The van der Waals surface area contributed by atoms with E-state index in [1.54, 1.807) is 23.1 Å². The second-order valence-electron chi connectivity index (χ2n) is 4.04. The summed E-state index contributed by atoms with van der Waals surface area (Å²) < 4.78 is 19.3. The van der Waals surface area contributed by atoms with Crippen LogP contribution in [0.15, 0.2) is 30.6 Å². The van der Waals surface area contributed by atoms with Crippen LogP contribution in [0.4, 0.5) is 21.6 Å². The number of rotatable bonds is 5. The first-order valence-electron chi connectivity index (χ1n) is 6.44. The maximum atomic E-state index is 13.9. The summed E-state index contributed by atoms with van der Waals surface area (Å²) in [4.78, 5) is 9.83. The summed E-state index contributed by atoms with van der Waals surface area (Å²) in [6, 6.07) is 6.49. The number of para-hydroxylation sites is 1. The van der Waals surface area contributed by atoms with Crippen LogP contribution in [-0.2, 0) is 0 Å². The number of hydrogen-bond acceptors (Lipinski definition) is 5. The van der Waals surface area contributed by atoms with Crippen molar-refractivity contribution < 1.29 is 9.13 Å². The Balaban J connectivity index is 2.48. The van der Waals surface area contributed by atoms with E-state index in [-0.39, 0.29) is 5.82 Å². The van der Waals surface area contributed by atoms with E-state index >= 15 is 0 Å². The standard InChI is InChI=1S/C14H17FN4O/c1-3-19(11-8-6-5-7-10(11)15)13-12(16)14(20-4-2)18-9-17-13/h5-9H,3-4,16H2,1-2H3. The third kappa shape index (κ3) is 2.64. The van der Waals surface area contributed by atoms with Gasteiger partial charge in [-0.15, -0.1) is 0 Å². The van der Waals surface area contributed by atoms with Gasteiger partial charge in [0, 0.05) is 6.54 Å². The average molecular weight is 276 g/mol. The average Bonchev–Trinajstić information content (AvgIpc) is 2.45. The molecule has 0 aliphatic carbocycles. The number of nitrogen functional groups attached to an aromatic ring is 1. The highest BCUT2D eigenvalue weighted by molar-refractivity contribution is 5.74. The van der Waals surface area contributed by atoms with Crippen LogP contribution < -0.4 is 15.4 Å². The van der Waals surface area contributed by atoms with E-state index in [1.165, 1.54) is 12.4 Å². The number of anilines is 3. The van der Waals surface area contributed by atoms with Crippen molar-refractivity contribution in [3.63, 3.8) is 0 Å². The molecule has 0 saturated carbocycles. The SMILES string of the molecule is CCOc1ncnc(N(CC)c2ccccc2F)c1N. The maximum Gasteiger partial charge on any atom is 0.242 e. The third-order valence-electron chi connectivity index (χ3n) is 2.82. The van der Waals surface area contributed by atoms with Crippen molar-refractivity contribution in [2.45, 2.75) is 13.8 Å². The quantitative estimate of drug-likeness (QED) is 0.909. The lowest BCUT2D eigenvalue weighted by molar-refractivity contribution is 0.328. The molecule has 0 bridgehead atoms. The molecule has 1 aromatic heterocycles. The summed E-state index contributed by atoms with van der Waals surface area (Å²) in [5.41, 5.74) is 6.74. The molecule has 2 rings (SSSR count). The molecule has 5 nitrogen and oxygen atoms in total. The number of nitrogens with two attached hydrogens (primary N) is 1. The third-order valence-corrected chi connectivity index (χ3v) is 2.82. The van der Waals surface area contributed by atoms with Gasteiger partial charge in [-0.3, -0.25) is 0 Å². The van der Waals surface area contributed by atoms with E-state index in [4.69, 9.17) is 10.5 Å². The Morgan fingerprint density at radius 2 is 2.00 bits per heavy atom. The van der Waals surface area contributed by atoms with Crippen LogP contribution in [0.2, 0.25) is 0 Å². The summed E-state index contributed by atoms with van der Waals surface area (Å²) in [6.07, 6.45) is 1.36. The Morgan fingerprint density at radius 3 is 2.65 bits per heavy atom. The van der Waals surface area contributed by atoms with Gasteiger partial charge < -0.3 is 15.4 Å². The Kier molecular flexibility index (Phi) is 4.34. The van der Waals surface area contributed by atoms with Gasteiger partial charge >= 0.3 is 0 Å². The van der Waals surface area contributed by atoms with E-state index in [0.717, 1.165) is 0 Å². The minimum absolute atomic E-state index is 0.305. The number of hydrogen-bond donors (Lipinski definition) is 1. The van der Waals surface area contributed by atoms with Gasteiger partial charge in [-0.05, 0) is 26.0 Å². The lowest BCUT2D eigenvalue weighted by atomic mass is 10.2. The number of ether oxygens (including phenoxy) is 1. The van der Waals surface area contributed by atoms with Gasteiger partial charge in [0.05, 0.1) is 12.3 Å². The molecule has 2 N–H and O–H groups in total. The van der Waals surface area contributed by atoms with Crippen molar-refractivity contribution in [2.75, 3.05) is 23.8 Å². The molecule has 106 valence electrons. The molecule has 0 spiro atoms. The Morgan fingerprint density at radius 1 is 1.25 bits per heavy atom. The normalized spacial score (nSPS) is 10.3. The molecule has 1 aromatic carbocycles. The summed E-state index contributed by atoms with van der Waals surface area (Å²) >= 11 is 0. The lowest BCUT2D eigenvalue weighted by Crippen LogP contribution is -2.20. The van der Waals surface area contributed by atoms with Crippen LogP contribution in [0, 0.1) is 5.82 Å². The Bertz CT molecular complexity index is 591. The summed E-state index contributed by atoms with van der Waals surface area (Å²) in [5.74, 6) is 0.425. The maximum absolute atomic E-state index is 13.9. The van der Waals surface area contributed by atoms with Gasteiger partial charge in [0.1, 0.15) is 17.8 Å². The molecule has 0 unspecified atom stereocenters. The monoisotopic (exact) mass is 276 g/mol.